The highest BCUT2D eigenvalue weighted by atomic mass is 35.5. The second kappa shape index (κ2) is 8.06. The molecule has 5 heteroatoms. The van der Waals surface area contributed by atoms with E-state index in [4.69, 9.17) is 21.1 Å². The summed E-state index contributed by atoms with van der Waals surface area (Å²) in [6, 6.07) is 10.9. The largest absolute Gasteiger partial charge is 0.494 e. The molecule has 0 saturated carbocycles. The molecule has 2 rings (SSSR count). The fraction of sp³-hybridized carbons (Fsp3) is 0.316. The van der Waals surface area contributed by atoms with Gasteiger partial charge in [-0.2, -0.15) is 0 Å². The molecular weight excluding hydrogens is 326 g/mol. The molecule has 1 atom stereocenters. The van der Waals surface area contributed by atoms with Crippen LogP contribution >= 0.6 is 11.6 Å². The Morgan fingerprint density at radius 1 is 1.12 bits per heavy atom. The average molecular weight is 348 g/mol. The summed E-state index contributed by atoms with van der Waals surface area (Å²) in [5, 5.41) is 3.54. The molecule has 0 saturated heterocycles. The Morgan fingerprint density at radius 2 is 1.71 bits per heavy atom. The van der Waals surface area contributed by atoms with Gasteiger partial charge in [-0.3, -0.25) is 4.79 Å². The van der Waals surface area contributed by atoms with E-state index in [1.165, 1.54) is 0 Å². The maximum absolute atomic E-state index is 12.3. The van der Waals surface area contributed by atoms with Gasteiger partial charge < -0.3 is 14.8 Å². The molecule has 128 valence electrons. The van der Waals surface area contributed by atoms with Gasteiger partial charge in [0.05, 0.1) is 6.61 Å². The minimum absolute atomic E-state index is 0.218. The highest BCUT2D eigenvalue weighted by molar-refractivity contribution is 6.32. The van der Waals surface area contributed by atoms with E-state index in [0.29, 0.717) is 23.1 Å². The predicted molar refractivity (Wildman–Crippen MR) is 97.3 cm³/mol. The summed E-state index contributed by atoms with van der Waals surface area (Å²) in [5.41, 5.74) is 2.54. The van der Waals surface area contributed by atoms with Crippen molar-refractivity contribution in [3.05, 3.63) is 52.5 Å². The zero-order chi connectivity index (χ0) is 17.7. The molecule has 0 aromatic heterocycles. The number of hydrogen-bond donors (Lipinski definition) is 1. The Kier molecular flexibility index (Phi) is 6.10. The van der Waals surface area contributed by atoms with Crippen molar-refractivity contribution in [2.75, 3.05) is 11.9 Å². The molecule has 0 fully saturated rings. The van der Waals surface area contributed by atoms with Crippen LogP contribution in [0, 0.1) is 13.8 Å². The van der Waals surface area contributed by atoms with Crippen molar-refractivity contribution >= 4 is 23.2 Å². The molecule has 0 heterocycles. The van der Waals surface area contributed by atoms with E-state index in [1.807, 2.05) is 45.0 Å². The van der Waals surface area contributed by atoms with Gasteiger partial charge in [-0.25, -0.2) is 0 Å². The molecule has 0 aliphatic heterocycles. The van der Waals surface area contributed by atoms with Crippen molar-refractivity contribution in [3.63, 3.8) is 0 Å². The topological polar surface area (TPSA) is 47.6 Å². The lowest BCUT2D eigenvalue weighted by Gasteiger charge is -2.16. The van der Waals surface area contributed by atoms with E-state index in [9.17, 15) is 4.79 Å². The first-order chi connectivity index (χ1) is 11.4. The molecule has 4 nitrogen and oxygen atoms in total. The number of amides is 1. The van der Waals surface area contributed by atoms with Crippen LogP contribution in [0.4, 0.5) is 5.69 Å². The summed E-state index contributed by atoms with van der Waals surface area (Å²) in [7, 11) is 0. The molecule has 0 aliphatic rings. The van der Waals surface area contributed by atoms with Crippen LogP contribution < -0.4 is 14.8 Å². The highest BCUT2D eigenvalue weighted by Gasteiger charge is 2.16. The summed E-state index contributed by atoms with van der Waals surface area (Å²) < 4.78 is 11.1. The van der Waals surface area contributed by atoms with E-state index in [-0.39, 0.29) is 5.91 Å². The number of ether oxygens (including phenoxy) is 2. The van der Waals surface area contributed by atoms with E-state index >= 15 is 0 Å². The van der Waals surface area contributed by atoms with E-state index in [0.717, 1.165) is 16.9 Å². The number of nitrogens with one attached hydrogen (secondary N) is 1. The second-order valence-electron chi connectivity index (χ2n) is 5.58. The first-order valence-corrected chi connectivity index (χ1v) is 8.25. The van der Waals surface area contributed by atoms with Gasteiger partial charge in [-0.15, -0.1) is 0 Å². The zero-order valence-electron chi connectivity index (χ0n) is 14.4. The minimum atomic E-state index is -0.628. The number of aryl methyl sites for hydroxylation is 2. The molecule has 0 aliphatic carbocycles. The number of hydrogen-bond acceptors (Lipinski definition) is 3. The van der Waals surface area contributed by atoms with Gasteiger partial charge in [0.2, 0.25) is 0 Å². The van der Waals surface area contributed by atoms with Crippen LogP contribution in [0.15, 0.2) is 36.4 Å². The highest BCUT2D eigenvalue weighted by Crippen LogP contribution is 2.26. The van der Waals surface area contributed by atoms with Crippen molar-refractivity contribution < 1.29 is 14.3 Å². The molecule has 24 heavy (non-hydrogen) atoms. The van der Waals surface area contributed by atoms with Crippen LogP contribution in [-0.2, 0) is 4.79 Å². The Balaban J connectivity index is 1.99. The van der Waals surface area contributed by atoms with Crippen molar-refractivity contribution in [2.24, 2.45) is 0 Å². The smallest absolute Gasteiger partial charge is 0.265 e. The number of carbonyl (C=O) groups excluding carboxylic acids is 1. The van der Waals surface area contributed by atoms with Crippen molar-refractivity contribution in [3.8, 4) is 11.5 Å². The SMILES string of the molecule is CCOc1ccc(NC(=O)[C@H](C)Oc2cc(C)c(Cl)c(C)c2)cc1. The molecule has 0 unspecified atom stereocenters. The number of halogens is 1. The number of rotatable bonds is 6. The van der Waals surface area contributed by atoms with Gasteiger partial charge in [0.1, 0.15) is 11.5 Å². The molecule has 2 aromatic carbocycles. The van der Waals surface area contributed by atoms with Gasteiger partial charge in [0.15, 0.2) is 6.10 Å². The van der Waals surface area contributed by atoms with Gasteiger partial charge in [0.25, 0.3) is 5.91 Å². The van der Waals surface area contributed by atoms with Crippen molar-refractivity contribution in [2.45, 2.75) is 33.8 Å². The average Bonchev–Trinajstić information content (AvgIpc) is 2.54. The third kappa shape index (κ3) is 4.65. The van der Waals surface area contributed by atoms with Crippen LogP contribution in [0.1, 0.15) is 25.0 Å². The summed E-state index contributed by atoms with van der Waals surface area (Å²) in [4.78, 5) is 12.3. The fourth-order valence-corrected chi connectivity index (χ4v) is 2.39. The van der Waals surface area contributed by atoms with Crippen LogP contribution in [0.5, 0.6) is 11.5 Å². The van der Waals surface area contributed by atoms with E-state index in [1.54, 1.807) is 19.1 Å². The number of carbonyl (C=O) groups is 1. The van der Waals surface area contributed by atoms with E-state index in [2.05, 4.69) is 5.32 Å². The maximum Gasteiger partial charge on any atom is 0.265 e. The quantitative estimate of drug-likeness (QED) is 0.819. The fourth-order valence-electron chi connectivity index (χ4n) is 2.28. The van der Waals surface area contributed by atoms with E-state index < -0.39 is 6.10 Å². The third-order valence-electron chi connectivity index (χ3n) is 3.52. The Labute approximate surface area is 147 Å². The summed E-state index contributed by atoms with van der Waals surface area (Å²) in [5.74, 6) is 1.18. The second-order valence-corrected chi connectivity index (χ2v) is 5.96. The first-order valence-electron chi connectivity index (χ1n) is 7.87. The zero-order valence-corrected chi connectivity index (χ0v) is 15.1. The third-order valence-corrected chi connectivity index (χ3v) is 4.12. The van der Waals surface area contributed by atoms with Gasteiger partial charge >= 0.3 is 0 Å². The molecule has 1 N–H and O–H groups in total. The lowest BCUT2D eigenvalue weighted by molar-refractivity contribution is -0.122. The Morgan fingerprint density at radius 3 is 2.25 bits per heavy atom. The summed E-state index contributed by atoms with van der Waals surface area (Å²) in [6.07, 6.45) is -0.628. The first kappa shape index (κ1) is 18.1. The molecule has 2 aromatic rings. The number of anilines is 1. The lowest BCUT2D eigenvalue weighted by Crippen LogP contribution is -2.30. The molecule has 1 amide bonds. The van der Waals surface area contributed by atoms with Crippen LogP contribution in [-0.4, -0.2) is 18.6 Å². The number of benzene rings is 2. The molecule has 0 bridgehead atoms. The van der Waals surface area contributed by atoms with Gasteiger partial charge in [0, 0.05) is 10.7 Å². The van der Waals surface area contributed by atoms with Crippen LogP contribution in [0.2, 0.25) is 5.02 Å². The standard InChI is InChI=1S/C19H22ClNO3/c1-5-23-16-8-6-15(7-9-16)21-19(22)14(4)24-17-10-12(2)18(20)13(3)11-17/h6-11,14H,5H2,1-4H3,(H,21,22)/t14-/m0/s1. The Hall–Kier alpha value is -2.20. The predicted octanol–water partition coefficient (Wildman–Crippen LogP) is 4.76. The maximum atomic E-state index is 12.3. The Bertz CT molecular complexity index is 690. The van der Waals surface area contributed by atoms with Gasteiger partial charge in [-0.05, 0) is 75.2 Å². The minimum Gasteiger partial charge on any atom is -0.494 e. The molecule has 0 radical (unpaired) electrons. The summed E-state index contributed by atoms with van der Waals surface area (Å²) >= 11 is 6.15. The lowest BCUT2D eigenvalue weighted by atomic mass is 10.1. The van der Waals surface area contributed by atoms with Crippen LogP contribution in [0.25, 0.3) is 0 Å². The molecule has 0 spiro atoms. The normalized spacial score (nSPS) is 11.7. The van der Waals surface area contributed by atoms with Crippen LogP contribution in [0.3, 0.4) is 0 Å². The van der Waals surface area contributed by atoms with Crippen molar-refractivity contribution in [1.82, 2.24) is 0 Å². The van der Waals surface area contributed by atoms with Crippen molar-refractivity contribution in [1.29, 1.82) is 0 Å². The monoisotopic (exact) mass is 347 g/mol. The molecular formula is C19H22ClNO3. The summed E-state index contributed by atoms with van der Waals surface area (Å²) in [6.45, 7) is 8.06. The van der Waals surface area contributed by atoms with Gasteiger partial charge in [-0.1, -0.05) is 11.6 Å².